The van der Waals surface area contributed by atoms with E-state index in [9.17, 15) is 10.1 Å². The van der Waals surface area contributed by atoms with Gasteiger partial charge in [0.05, 0.1) is 5.92 Å². The van der Waals surface area contributed by atoms with E-state index in [0.29, 0.717) is 12.8 Å². The Kier molecular flexibility index (Phi) is 4.31. The third-order valence-corrected chi connectivity index (χ3v) is 4.63. The van der Waals surface area contributed by atoms with Crippen molar-refractivity contribution in [1.82, 2.24) is 0 Å². The first kappa shape index (κ1) is 15.5. The molecule has 21 heavy (non-hydrogen) atoms. The molecule has 0 saturated carbocycles. The molecular formula is C18H23NO2. The fourth-order valence-corrected chi connectivity index (χ4v) is 3.48. The summed E-state index contributed by atoms with van der Waals surface area (Å²) in [5.41, 5.74) is 3.40. The number of rotatable bonds is 4. The van der Waals surface area contributed by atoms with Crippen molar-refractivity contribution in [2.24, 2.45) is 0 Å². The maximum absolute atomic E-state index is 12.0. The Balaban J connectivity index is 2.56. The molecule has 0 spiro atoms. The molecule has 2 atom stereocenters. The number of allylic oxidation sites excluding steroid dienone is 1. The van der Waals surface area contributed by atoms with Gasteiger partial charge in [0.25, 0.3) is 0 Å². The molecule has 0 unspecified atom stereocenters. The summed E-state index contributed by atoms with van der Waals surface area (Å²) >= 11 is 0. The Morgan fingerprint density at radius 3 is 2.48 bits per heavy atom. The zero-order valence-corrected chi connectivity index (χ0v) is 13.1. The largest absolute Gasteiger partial charge is 0.264 e. The summed E-state index contributed by atoms with van der Waals surface area (Å²) in [6.45, 7) is 9.93. The van der Waals surface area contributed by atoms with E-state index in [4.69, 9.17) is 0 Å². The number of nitro groups is 1. The Morgan fingerprint density at radius 1 is 1.33 bits per heavy atom. The average molecular weight is 285 g/mol. The summed E-state index contributed by atoms with van der Waals surface area (Å²) in [5, 5.41) is 12.0. The predicted octanol–water partition coefficient (Wildman–Crippen LogP) is 4.88. The van der Waals surface area contributed by atoms with E-state index >= 15 is 0 Å². The van der Waals surface area contributed by atoms with Crippen LogP contribution in [0.3, 0.4) is 0 Å². The monoisotopic (exact) mass is 285 g/mol. The van der Waals surface area contributed by atoms with E-state index in [0.717, 1.165) is 23.1 Å². The van der Waals surface area contributed by atoms with Gasteiger partial charge in [-0.1, -0.05) is 53.6 Å². The lowest BCUT2D eigenvalue weighted by Gasteiger charge is -2.38. The van der Waals surface area contributed by atoms with Crippen molar-refractivity contribution < 1.29 is 4.92 Å². The van der Waals surface area contributed by atoms with Gasteiger partial charge in [0.2, 0.25) is 5.54 Å². The highest BCUT2D eigenvalue weighted by Crippen LogP contribution is 2.48. The molecule has 3 nitrogen and oxygen atoms in total. The Hall–Kier alpha value is -1.90. The Bertz CT molecular complexity index is 588. The SMILES string of the molecule is C=C(C)C[C@@]1([N+](=O)[O-])CC(C)=C(C)C[C@@H]1c1ccccc1. The molecule has 0 aromatic heterocycles. The lowest BCUT2D eigenvalue weighted by molar-refractivity contribution is -0.575. The van der Waals surface area contributed by atoms with Crippen LogP contribution in [0, 0.1) is 10.1 Å². The summed E-state index contributed by atoms with van der Waals surface area (Å²) < 4.78 is 0. The van der Waals surface area contributed by atoms with Crippen molar-refractivity contribution in [3.05, 3.63) is 69.3 Å². The molecule has 0 fully saturated rings. The Morgan fingerprint density at radius 2 is 1.95 bits per heavy atom. The van der Waals surface area contributed by atoms with Crippen LogP contribution in [0.1, 0.15) is 51.5 Å². The quantitative estimate of drug-likeness (QED) is 0.449. The summed E-state index contributed by atoms with van der Waals surface area (Å²) in [6, 6.07) is 9.89. The van der Waals surface area contributed by atoms with E-state index < -0.39 is 5.54 Å². The first-order chi connectivity index (χ1) is 9.86. The van der Waals surface area contributed by atoms with Gasteiger partial charge in [-0.3, -0.25) is 10.1 Å². The first-order valence-corrected chi connectivity index (χ1v) is 7.36. The summed E-state index contributed by atoms with van der Waals surface area (Å²) in [7, 11) is 0. The molecule has 0 saturated heterocycles. The molecule has 0 radical (unpaired) electrons. The molecule has 1 aromatic carbocycles. The molecule has 3 heteroatoms. The van der Waals surface area contributed by atoms with Gasteiger partial charge in [0.15, 0.2) is 0 Å². The second kappa shape index (κ2) is 5.84. The second-order valence-corrected chi connectivity index (χ2v) is 6.40. The van der Waals surface area contributed by atoms with Gasteiger partial charge in [-0.25, -0.2) is 0 Å². The van der Waals surface area contributed by atoms with Crippen molar-refractivity contribution in [3.8, 4) is 0 Å². The normalized spacial score (nSPS) is 25.8. The highest BCUT2D eigenvalue weighted by Gasteiger charge is 2.52. The van der Waals surface area contributed by atoms with Crippen LogP contribution in [0.4, 0.5) is 0 Å². The third kappa shape index (κ3) is 2.92. The average Bonchev–Trinajstić information content (AvgIpc) is 2.42. The van der Waals surface area contributed by atoms with Crippen LogP contribution in [-0.4, -0.2) is 10.5 Å². The van der Waals surface area contributed by atoms with Crippen LogP contribution < -0.4 is 0 Å². The third-order valence-electron chi connectivity index (χ3n) is 4.63. The van der Waals surface area contributed by atoms with Gasteiger partial charge in [-0.05, 0) is 32.8 Å². The van der Waals surface area contributed by atoms with Crippen LogP contribution >= 0.6 is 0 Å². The Labute approximate surface area is 126 Å². The lowest BCUT2D eigenvalue weighted by atomic mass is 9.66. The molecule has 112 valence electrons. The lowest BCUT2D eigenvalue weighted by Crippen LogP contribution is -2.47. The molecular weight excluding hydrogens is 262 g/mol. The zero-order chi connectivity index (χ0) is 15.6. The van der Waals surface area contributed by atoms with E-state index in [1.807, 2.05) is 44.2 Å². The van der Waals surface area contributed by atoms with E-state index in [-0.39, 0.29) is 10.8 Å². The molecule has 1 aromatic rings. The molecule has 0 bridgehead atoms. The van der Waals surface area contributed by atoms with Crippen molar-refractivity contribution in [1.29, 1.82) is 0 Å². The van der Waals surface area contributed by atoms with E-state index in [1.54, 1.807) is 0 Å². The topological polar surface area (TPSA) is 43.1 Å². The summed E-state index contributed by atoms with van der Waals surface area (Å²) in [5.74, 6) is -0.0888. The highest BCUT2D eigenvalue weighted by atomic mass is 16.6. The minimum atomic E-state index is -0.962. The van der Waals surface area contributed by atoms with E-state index in [2.05, 4.69) is 13.5 Å². The maximum atomic E-state index is 12.0. The van der Waals surface area contributed by atoms with Crippen LogP contribution in [0.2, 0.25) is 0 Å². The fraction of sp³-hybridized carbons (Fsp3) is 0.444. The number of hydrogen-bond donors (Lipinski definition) is 0. The van der Waals surface area contributed by atoms with Crippen LogP contribution in [0.25, 0.3) is 0 Å². The number of benzene rings is 1. The molecule has 0 aliphatic heterocycles. The number of hydrogen-bond acceptors (Lipinski definition) is 2. The van der Waals surface area contributed by atoms with Gasteiger partial charge < -0.3 is 0 Å². The minimum Gasteiger partial charge on any atom is -0.264 e. The van der Waals surface area contributed by atoms with Crippen molar-refractivity contribution in [3.63, 3.8) is 0 Å². The van der Waals surface area contributed by atoms with Gasteiger partial charge in [0, 0.05) is 17.8 Å². The molecule has 2 rings (SSSR count). The fourth-order valence-electron chi connectivity index (χ4n) is 3.48. The van der Waals surface area contributed by atoms with Gasteiger partial charge >= 0.3 is 0 Å². The number of nitrogens with zero attached hydrogens (tertiary/aromatic N) is 1. The summed E-state index contributed by atoms with van der Waals surface area (Å²) in [6.07, 6.45) is 1.70. The van der Waals surface area contributed by atoms with Crippen LogP contribution in [0.15, 0.2) is 53.6 Å². The summed E-state index contributed by atoms with van der Waals surface area (Å²) in [4.78, 5) is 11.9. The molecule has 0 N–H and O–H groups in total. The van der Waals surface area contributed by atoms with Gasteiger partial charge in [-0.15, -0.1) is 0 Å². The zero-order valence-electron chi connectivity index (χ0n) is 13.1. The molecule has 1 aliphatic rings. The van der Waals surface area contributed by atoms with Crippen molar-refractivity contribution >= 4 is 0 Å². The van der Waals surface area contributed by atoms with Crippen LogP contribution in [-0.2, 0) is 0 Å². The predicted molar refractivity (Wildman–Crippen MR) is 85.9 cm³/mol. The smallest absolute Gasteiger partial charge is 0.236 e. The van der Waals surface area contributed by atoms with Crippen LogP contribution in [0.5, 0.6) is 0 Å². The van der Waals surface area contributed by atoms with Gasteiger partial charge in [0.1, 0.15) is 0 Å². The second-order valence-electron chi connectivity index (χ2n) is 6.40. The maximum Gasteiger partial charge on any atom is 0.236 e. The molecule has 0 amide bonds. The standard InChI is InChI=1S/C18H23NO2/c1-13(2)11-18(19(20)21)12-15(4)14(3)10-17(18)16-8-6-5-7-9-16/h5-9,17H,1,10-12H2,2-4H3/t17-,18-/m1/s1. The first-order valence-electron chi connectivity index (χ1n) is 7.36. The van der Waals surface area contributed by atoms with Crippen molar-refractivity contribution in [2.45, 2.75) is 51.5 Å². The molecule has 0 heterocycles. The van der Waals surface area contributed by atoms with Crippen molar-refractivity contribution in [2.75, 3.05) is 0 Å². The minimum absolute atomic E-state index is 0.0602. The van der Waals surface area contributed by atoms with Gasteiger partial charge in [-0.2, -0.15) is 0 Å². The molecule has 1 aliphatic carbocycles. The van der Waals surface area contributed by atoms with E-state index in [1.165, 1.54) is 5.57 Å². The highest BCUT2D eigenvalue weighted by molar-refractivity contribution is 5.32.